The molecule has 1 saturated heterocycles. The van der Waals surface area contributed by atoms with Crippen LogP contribution in [0.3, 0.4) is 0 Å². The Balaban J connectivity index is 1.39. The quantitative estimate of drug-likeness (QED) is 0.335. The number of hydrogen-bond acceptors (Lipinski definition) is 8. The Morgan fingerprint density at radius 1 is 0.944 bits per heavy atom. The molecule has 1 N–H and O–H groups in total. The SMILES string of the molecule is OC(COc1ccccc1)CN(Cc1ccco1)Cc1c(-c2ccccc2)noc1N1CCOCC1. The Labute approximate surface area is 210 Å². The van der Waals surface area contributed by atoms with E-state index < -0.39 is 6.10 Å². The van der Waals surface area contributed by atoms with Gasteiger partial charge in [0, 0.05) is 31.7 Å². The number of furan rings is 1. The van der Waals surface area contributed by atoms with Crippen LogP contribution in [-0.4, -0.2) is 60.7 Å². The number of aliphatic hydroxyl groups excluding tert-OH is 1. The van der Waals surface area contributed by atoms with Crippen molar-refractivity contribution in [2.24, 2.45) is 0 Å². The molecular formula is C28H31N3O5. The van der Waals surface area contributed by atoms with Crippen LogP contribution in [0.15, 0.2) is 88.0 Å². The Bertz CT molecular complexity index is 1170. The van der Waals surface area contributed by atoms with Crippen LogP contribution in [0.1, 0.15) is 11.3 Å². The molecular weight excluding hydrogens is 458 g/mol. The molecule has 2 aromatic heterocycles. The van der Waals surface area contributed by atoms with Gasteiger partial charge in [0.2, 0.25) is 5.88 Å². The molecule has 1 aliphatic rings. The monoisotopic (exact) mass is 489 g/mol. The molecule has 1 atom stereocenters. The standard InChI is InChI=1S/C28H31N3O5/c32-23(21-35-24-10-5-2-6-11-24)18-30(19-25-12-7-15-34-25)20-26-27(22-8-3-1-4-9-22)29-36-28(26)31-13-16-33-17-14-31/h1-12,15,23,32H,13-14,16-21H2. The van der Waals surface area contributed by atoms with Crippen molar-refractivity contribution in [1.82, 2.24) is 10.1 Å². The molecule has 5 rings (SSSR count). The van der Waals surface area contributed by atoms with Gasteiger partial charge in [-0.25, -0.2) is 0 Å². The van der Waals surface area contributed by atoms with Crippen LogP contribution in [-0.2, 0) is 17.8 Å². The summed E-state index contributed by atoms with van der Waals surface area (Å²) in [4.78, 5) is 4.32. The number of aromatic nitrogens is 1. The summed E-state index contributed by atoms with van der Waals surface area (Å²) in [6.45, 7) is 4.38. The van der Waals surface area contributed by atoms with E-state index in [2.05, 4.69) is 15.0 Å². The second-order valence-corrected chi connectivity index (χ2v) is 8.81. The Morgan fingerprint density at radius 2 is 1.69 bits per heavy atom. The zero-order valence-electron chi connectivity index (χ0n) is 20.2. The minimum absolute atomic E-state index is 0.185. The van der Waals surface area contributed by atoms with Gasteiger partial charge >= 0.3 is 0 Å². The molecule has 0 saturated carbocycles. The van der Waals surface area contributed by atoms with Crippen LogP contribution < -0.4 is 9.64 Å². The van der Waals surface area contributed by atoms with E-state index in [1.54, 1.807) is 6.26 Å². The van der Waals surface area contributed by atoms with Crippen molar-refractivity contribution in [3.63, 3.8) is 0 Å². The van der Waals surface area contributed by atoms with Crippen molar-refractivity contribution < 1.29 is 23.5 Å². The lowest BCUT2D eigenvalue weighted by Crippen LogP contribution is -2.38. The lowest BCUT2D eigenvalue weighted by atomic mass is 10.1. The highest BCUT2D eigenvalue weighted by atomic mass is 16.5. The number of hydrogen-bond donors (Lipinski definition) is 1. The lowest BCUT2D eigenvalue weighted by Gasteiger charge is -2.29. The van der Waals surface area contributed by atoms with Crippen molar-refractivity contribution in [1.29, 1.82) is 0 Å². The molecule has 1 unspecified atom stereocenters. The molecule has 1 aliphatic heterocycles. The Hall–Kier alpha value is -3.59. The minimum Gasteiger partial charge on any atom is -0.491 e. The van der Waals surface area contributed by atoms with Gasteiger partial charge in [0.25, 0.3) is 0 Å². The summed E-state index contributed by atoms with van der Waals surface area (Å²) in [6, 6.07) is 23.4. The highest BCUT2D eigenvalue weighted by Gasteiger charge is 2.27. The topological polar surface area (TPSA) is 84.3 Å². The second-order valence-electron chi connectivity index (χ2n) is 8.81. The number of para-hydroxylation sites is 1. The number of nitrogens with zero attached hydrogens (tertiary/aromatic N) is 3. The minimum atomic E-state index is -0.702. The summed E-state index contributed by atoms with van der Waals surface area (Å²) in [5.41, 5.74) is 2.77. The van der Waals surface area contributed by atoms with Gasteiger partial charge in [-0.3, -0.25) is 4.90 Å². The van der Waals surface area contributed by atoms with Crippen molar-refractivity contribution in [2.45, 2.75) is 19.2 Å². The van der Waals surface area contributed by atoms with Gasteiger partial charge in [-0.1, -0.05) is 53.7 Å². The summed E-state index contributed by atoms with van der Waals surface area (Å²) in [7, 11) is 0. The normalized spacial score (nSPS) is 14.8. The lowest BCUT2D eigenvalue weighted by molar-refractivity contribution is 0.0604. The molecule has 36 heavy (non-hydrogen) atoms. The summed E-state index contributed by atoms with van der Waals surface area (Å²) in [6.07, 6.45) is 0.961. The number of aliphatic hydroxyl groups is 1. The van der Waals surface area contributed by atoms with Gasteiger partial charge in [-0.05, 0) is 24.3 Å². The summed E-state index contributed by atoms with van der Waals surface area (Å²) in [5.74, 6) is 2.29. The highest BCUT2D eigenvalue weighted by Crippen LogP contribution is 2.33. The molecule has 4 aromatic rings. The number of ether oxygens (including phenoxy) is 2. The fraction of sp³-hybridized carbons (Fsp3) is 0.321. The average molecular weight is 490 g/mol. The first-order chi connectivity index (χ1) is 17.8. The molecule has 0 amide bonds. The van der Waals surface area contributed by atoms with Crippen LogP contribution in [0.2, 0.25) is 0 Å². The van der Waals surface area contributed by atoms with Crippen LogP contribution in [0, 0.1) is 0 Å². The van der Waals surface area contributed by atoms with Crippen LogP contribution in [0.4, 0.5) is 5.88 Å². The molecule has 0 radical (unpaired) electrons. The molecule has 0 bridgehead atoms. The van der Waals surface area contributed by atoms with Gasteiger partial charge in [0.05, 0.1) is 31.6 Å². The van der Waals surface area contributed by atoms with E-state index in [0.29, 0.717) is 32.8 Å². The van der Waals surface area contributed by atoms with Crippen molar-refractivity contribution in [2.75, 3.05) is 44.4 Å². The molecule has 8 heteroatoms. The molecule has 0 spiro atoms. The van der Waals surface area contributed by atoms with E-state index in [-0.39, 0.29) is 6.61 Å². The van der Waals surface area contributed by atoms with Gasteiger partial charge in [0.15, 0.2) is 0 Å². The predicted molar refractivity (Wildman–Crippen MR) is 136 cm³/mol. The van der Waals surface area contributed by atoms with E-state index in [4.69, 9.17) is 18.4 Å². The van der Waals surface area contributed by atoms with Crippen LogP contribution in [0.5, 0.6) is 5.75 Å². The summed E-state index contributed by atoms with van der Waals surface area (Å²) < 4.78 is 22.9. The van der Waals surface area contributed by atoms with Crippen molar-refractivity contribution in [3.05, 3.63) is 90.4 Å². The largest absolute Gasteiger partial charge is 0.491 e. The summed E-state index contributed by atoms with van der Waals surface area (Å²) >= 11 is 0. The van der Waals surface area contributed by atoms with Gasteiger partial charge in [-0.15, -0.1) is 0 Å². The number of rotatable bonds is 11. The van der Waals surface area contributed by atoms with Gasteiger partial charge in [-0.2, -0.15) is 0 Å². The fourth-order valence-electron chi connectivity index (χ4n) is 4.37. The maximum absolute atomic E-state index is 10.9. The van der Waals surface area contributed by atoms with Gasteiger partial charge < -0.3 is 28.4 Å². The fourth-order valence-corrected chi connectivity index (χ4v) is 4.37. The first kappa shape index (κ1) is 24.1. The number of benzene rings is 2. The molecule has 8 nitrogen and oxygen atoms in total. The van der Waals surface area contributed by atoms with E-state index in [9.17, 15) is 5.11 Å². The van der Waals surface area contributed by atoms with E-state index >= 15 is 0 Å². The first-order valence-electron chi connectivity index (χ1n) is 12.2. The maximum atomic E-state index is 10.9. The molecule has 3 heterocycles. The molecule has 2 aromatic carbocycles. The first-order valence-corrected chi connectivity index (χ1v) is 12.2. The Morgan fingerprint density at radius 3 is 2.42 bits per heavy atom. The highest BCUT2D eigenvalue weighted by molar-refractivity contribution is 5.68. The second kappa shape index (κ2) is 11.9. The molecule has 1 fully saturated rings. The summed E-state index contributed by atoms with van der Waals surface area (Å²) in [5, 5.41) is 15.4. The number of anilines is 1. The molecule has 0 aliphatic carbocycles. The third-order valence-electron chi connectivity index (χ3n) is 6.11. The van der Waals surface area contributed by atoms with Crippen LogP contribution in [0.25, 0.3) is 11.3 Å². The van der Waals surface area contributed by atoms with E-state index in [1.807, 2.05) is 72.8 Å². The van der Waals surface area contributed by atoms with Crippen molar-refractivity contribution in [3.8, 4) is 17.0 Å². The molecule has 188 valence electrons. The third kappa shape index (κ3) is 6.15. The predicted octanol–water partition coefficient (Wildman–Crippen LogP) is 4.21. The number of morpholine rings is 1. The maximum Gasteiger partial charge on any atom is 0.232 e. The third-order valence-corrected chi connectivity index (χ3v) is 6.11. The van der Waals surface area contributed by atoms with E-state index in [1.165, 1.54) is 0 Å². The van der Waals surface area contributed by atoms with E-state index in [0.717, 1.165) is 47.3 Å². The Kier molecular flexibility index (Phi) is 7.97. The zero-order chi connectivity index (χ0) is 24.6. The van der Waals surface area contributed by atoms with Gasteiger partial charge in [0.1, 0.15) is 29.9 Å². The zero-order valence-corrected chi connectivity index (χ0v) is 20.2. The smallest absolute Gasteiger partial charge is 0.232 e. The van der Waals surface area contributed by atoms with Crippen molar-refractivity contribution >= 4 is 5.88 Å². The average Bonchev–Trinajstić information content (AvgIpc) is 3.59. The van der Waals surface area contributed by atoms with Crippen LogP contribution >= 0.6 is 0 Å².